The highest BCUT2D eigenvalue weighted by atomic mass is 32.1. The van der Waals surface area contributed by atoms with Gasteiger partial charge in [-0.3, -0.25) is 4.79 Å². The molecule has 1 aliphatic carbocycles. The Kier molecular flexibility index (Phi) is 3.24. The summed E-state index contributed by atoms with van der Waals surface area (Å²) >= 11 is 1.54. The molecule has 1 aliphatic heterocycles. The molecule has 1 aromatic heterocycles. The molecule has 1 aromatic rings. The Labute approximate surface area is 128 Å². The summed E-state index contributed by atoms with van der Waals surface area (Å²) in [4.78, 5) is 18.2. The van der Waals surface area contributed by atoms with Crippen LogP contribution in [0.15, 0.2) is 21.8 Å². The first-order valence-electron chi connectivity index (χ1n) is 7.19. The molecular weight excluding hydrogens is 284 g/mol. The van der Waals surface area contributed by atoms with Crippen molar-refractivity contribution in [2.45, 2.75) is 52.1 Å². The Balaban J connectivity index is 2.19. The predicted octanol–water partition coefficient (Wildman–Crippen LogP) is 2.73. The van der Waals surface area contributed by atoms with Crippen molar-refractivity contribution in [3.8, 4) is 0 Å². The number of nitrogens with zero attached hydrogens (tertiary/aromatic N) is 4. The van der Waals surface area contributed by atoms with E-state index in [0.717, 1.165) is 35.7 Å². The number of amides is 1. The molecule has 5 nitrogen and oxygen atoms in total. The molecular formula is C15H20N4OS. The van der Waals surface area contributed by atoms with Crippen molar-refractivity contribution in [2.24, 2.45) is 15.6 Å². The van der Waals surface area contributed by atoms with Gasteiger partial charge in [-0.15, -0.1) is 16.4 Å². The maximum atomic E-state index is 11.9. The van der Waals surface area contributed by atoms with E-state index in [2.05, 4.69) is 36.0 Å². The van der Waals surface area contributed by atoms with Crippen LogP contribution < -0.4 is 0 Å². The van der Waals surface area contributed by atoms with Crippen molar-refractivity contribution in [2.75, 3.05) is 0 Å². The highest BCUT2D eigenvalue weighted by Crippen LogP contribution is 2.46. The third-order valence-electron chi connectivity index (χ3n) is 4.33. The summed E-state index contributed by atoms with van der Waals surface area (Å²) < 4.78 is 0. The zero-order valence-corrected chi connectivity index (χ0v) is 13.6. The van der Waals surface area contributed by atoms with Gasteiger partial charge in [0.2, 0.25) is 6.41 Å². The van der Waals surface area contributed by atoms with Gasteiger partial charge in [-0.1, -0.05) is 20.8 Å². The molecule has 2 heterocycles. The van der Waals surface area contributed by atoms with Gasteiger partial charge in [0.05, 0.1) is 5.71 Å². The third kappa shape index (κ3) is 1.96. The quantitative estimate of drug-likeness (QED) is 0.803. The molecule has 0 N–H and O–H groups in total. The second-order valence-electron chi connectivity index (χ2n) is 6.68. The van der Waals surface area contributed by atoms with Gasteiger partial charge in [0.15, 0.2) is 0 Å². The standard InChI is InChI=1S/C15H20N4OS/c1-10-15(14(2,3)4,19(9-20)11-5-6-11)12(18-17-10)13-16-7-8-21-13/h7-9,11H,5-6H2,1-4H3. The van der Waals surface area contributed by atoms with Crippen molar-refractivity contribution < 1.29 is 4.79 Å². The lowest BCUT2D eigenvalue weighted by Gasteiger charge is -2.48. The molecule has 1 fully saturated rings. The molecule has 1 saturated carbocycles. The van der Waals surface area contributed by atoms with Crippen molar-refractivity contribution in [1.82, 2.24) is 9.88 Å². The van der Waals surface area contributed by atoms with Crippen LogP contribution >= 0.6 is 11.3 Å². The molecule has 0 aromatic carbocycles. The highest BCUT2D eigenvalue weighted by molar-refractivity contribution is 7.11. The number of hydrogen-bond acceptors (Lipinski definition) is 5. The predicted molar refractivity (Wildman–Crippen MR) is 84.9 cm³/mol. The SMILES string of the molecule is CC1=NN=C(c2nccs2)C1(N(C=O)C1CC1)C(C)(C)C. The van der Waals surface area contributed by atoms with Crippen LogP contribution in [0.1, 0.15) is 45.5 Å². The Morgan fingerprint density at radius 1 is 1.38 bits per heavy atom. The van der Waals surface area contributed by atoms with Crippen molar-refractivity contribution in [3.63, 3.8) is 0 Å². The smallest absolute Gasteiger partial charge is 0.211 e. The summed E-state index contributed by atoms with van der Waals surface area (Å²) in [6, 6.07) is 0.287. The fourth-order valence-corrected chi connectivity index (χ4v) is 4.04. The lowest BCUT2D eigenvalue weighted by atomic mass is 9.67. The van der Waals surface area contributed by atoms with Crippen molar-refractivity contribution in [1.29, 1.82) is 0 Å². The molecule has 0 spiro atoms. The molecule has 1 atom stereocenters. The van der Waals surface area contributed by atoms with Crippen LogP contribution in [0.25, 0.3) is 0 Å². The summed E-state index contributed by atoms with van der Waals surface area (Å²) in [6.45, 7) is 8.38. The van der Waals surface area contributed by atoms with Gasteiger partial charge in [-0.05, 0) is 25.2 Å². The summed E-state index contributed by atoms with van der Waals surface area (Å²) in [6.07, 6.45) is 4.84. The van der Waals surface area contributed by atoms with Gasteiger partial charge in [0.25, 0.3) is 0 Å². The minimum atomic E-state index is -0.603. The van der Waals surface area contributed by atoms with Gasteiger partial charge < -0.3 is 4.90 Å². The Hall–Kier alpha value is -1.56. The van der Waals surface area contributed by atoms with Crippen LogP contribution in [-0.4, -0.2) is 39.3 Å². The number of carbonyl (C=O) groups is 1. The number of thiazole rings is 1. The monoisotopic (exact) mass is 304 g/mol. The largest absolute Gasteiger partial charge is 0.325 e. The van der Waals surface area contributed by atoms with Crippen LogP contribution in [0.5, 0.6) is 0 Å². The van der Waals surface area contributed by atoms with Crippen molar-refractivity contribution >= 4 is 29.2 Å². The molecule has 0 radical (unpaired) electrons. The maximum Gasteiger partial charge on any atom is 0.211 e. The molecule has 21 heavy (non-hydrogen) atoms. The number of carbonyl (C=O) groups excluding carboxylic acids is 1. The first-order chi connectivity index (χ1) is 9.92. The third-order valence-corrected chi connectivity index (χ3v) is 5.11. The summed E-state index contributed by atoms with van der Waals surface area (Å²) in [5, 5.41) is 11.5. The molecule has 1 amide bonds. The minimum absolute atomic E-state index is 0.217. The maximum absolute atomic E-state index is 11.9. The van der Waals surface area contributed by atoms with Gasteiger partial charge in [0.1, 0.15) is 16.3 Å². The highest BCUT2D eigenvalue weighted by Gasteiger charge is 2.59. The fourth-order valence-electron chi connectivity index (χ4n) is 3.37. The van der Waals surface area contributed by atoms with Gasteiger partial charge in [-0.25, -0.2) is 4.98 Å². The van der Waals surface area contributed by atoms with E-state index in [1.54, 1.807) is 17.5 Å². The Morgan fingerprint density at radius 2 is 2.10 bits per heavy atom. The average Bonchev–Trinajstić information content (AvgIpc) is 2.96. The number of rotatable bonds is 4. The van der Waals surface area contributed by atoms with Crippen LogP contribution in [0.2, 0.25) is 0 Å². The zero-order valence-electron chi connectivity index (χ0n) is 12.8. The first-order valence-corrected chi connectivity index (χ1v) is 8.07. The van der Waals surface area contributed by atoms with Gasteiger partial charge in [-0.2, -0.15) is 5.10 Å². The summed E-state index contributed by atoms with van der Waals surface area (Å²) in [5.41, 5.74) is 0.861. The second kappa shape index (κ2) is 4.73. The van der Waals surface area contributed by atoms with E-state index in [-0.39, 0.29) is 11.5 Å². The fraction of sp³-hybridized carbons (Fsp3) is 0.600. The molecule has 0 bridgehead atoms. The Morgan fingerprint density at radius 3 is 2.57 bits per heavy atom. The van der Waals surface area contributed by atoms with Crippen LogP contribution in [0.4, 0.5) is 0 Å². The van der Waals surface area contributed by atoms with E-state index >= 15 is 0 Å². The molecule has 3 rings (SSSR count). The summed E-state index contributed by atoms with van der Waals surface area (Å²) in [7, 11) is 0. The van der Waals surface area contributed by atoms with Gasteiger partial charge >= 0.3 is 0 Å². The van der Waals surface area contributed by atoms with Crippen LogP contribution in [0, 0.1) is 5.41 Å². The second-order valence-corrected chi connectivity index (χ2v) is 7.57. The van der Waals surface area contributed by atoms with E-state index in [9.17, 15) is 4.79 Å². The Bertz CT molecular complexity index is 610. The van der Waals surface area contributed by atoms with Crippen LogP contribution in [-0.2, 0) is 4.79 Å². The normalized spacial score (nSPS) is 25.5. The lowest BCUT2D eigenvalue weighted by molar-refractivity contribution is -0.123. The number of aromatic nitrogens is 1. The van der Waals surface area contributed by atoms with Crippen LogP contribution in [0.3, 0.4) is 0 Å². The minimum Gasteiger partial charge on any atom is -0.325 e. The van der Waals surface area contributed by atoms with E-state index in [4.69, 9.17) is 0 Å². The topological polar surface area (TPSA) is 57.9 Å². The number of hydrogen-bond donors (Lipinski definition) is 0. The first kappa shape index (κ1) is 14.4. The molecule has 112 valence electrons. The summed E-state index contributed by atoms with van der Waals surface area (Å²) in [5.74, 6) is 0. The van der Waals surface area contributed by atoms with Crippen molar-refractivity contribution in [3.05, 3.63) is 16.6 Å². The molecule has 0 saturated heterocycles. The van der Waals surface area contributed by atoms with E-state index < -0.39 is 5.54 Å². The molecule has 1 unspecified atom stereocenters. The zero-order chi connectivity index (χ0) is 15.3. The van der Waals surface area contributed by atoms with E-state index in [1.807, 2.05) is 17.2 Å². The van der Waals surface area contributed by atoms with Gasteiger partial charge in [0, 0.05) is 17.6 Å². The molecule has 6 heteroatoms. The molecule has 2 aliphatic rings. The van der Waals surface area contributed by atoms with E-state index in [1.165, 1.54) is 0 Å². The van der Waals surface area contributed by atoms with E-state index in [0.29, 0.717) is 0 Å². The average molecular weight is 304 g/mol. The lowest BCUT2D eigenvalue weighted by Crippen LogP contribution is -2.65.